The summed E-state index contributed by atoms with van der Waals surface area (Å²) in [6.45, 7) is 6.68. The van der Waals surface area contributed by atoms with Gasteiger partial charge in [0, 0.05) is 6.54 Å². The van der Waals surface area contributed by atoms with Crippen molar-refractivity contribution in [2.45, 2.75) is 52.2 Å². The van der Waals surface area contributed by atoms with Crippen LogP contribution in [-0.2, 0) is 6.42 Å². The molecule has 2 amide bonds. The van der Waals surface area contributed by atoms with Gasteiger partial charge < -0.3 is 15.7 Å². The molecule has 21 heavy (non-hydrogen) atoms. The molecule has 0 saturated carbocycles. The van der Waals surface area contributed by atoms with Crippen molar-refractivity contribution in [2.75, 3.05) is 6.54 Å². The summed E-state index contributed by atoms with van der Waals surface area (Å²) < 4.78 is 0. The second kappa shape index (κ2) is 6.94. The molecule has 1 aliphatic carbocycles. The van der Waals surface area contributed by atoms with Gasteiger partial charge in [0.2, 0.25) is 0 Å². The standard InChI is InChI=1S/C17H26N2O2/c1-4-14(20)7-8-18-17(21)19-16-12(3)10-13-6-5-11(2)9-15(13)16/h5-6,9,12,14,16,20H,4,7-8,10H2,1-3H3,(H2,18,19,21). The van der Waals surface area contributed by atoms with Gasteiger partial charge in [0.05, 0.1) is 12.1 Å². The third-order valence-electron chi connectivity index (χ3n) is 4.27. The van der Waals surface area contributed by atoms with Gasteiger partial charge in [-0.2, -0.15) is 0 Å². The summed E-state index contributed by atoms with van der Waals surface area (Å²) in [5.74, 6) is 0.411. The van der Waals surface area contributed by atoms with E-state index >= 15 is 0 Å². The average molecular weight is 290 g/mol. The van der Waals surface area contributed by atoms with Crippen molar-refractivity contribution in [3.63, 3.8) is 0 Å². The second-order valence-corrected chi connectivity index (χ2v) is 6.11. The lowest BCUT2D eigenvalue weighted by molar-refractivity contribution is 0.159. The van der Waals surface area contributed by atoms with Crippen molar-refractivity contribution >= 4 is 6.03 Å². The molecule has 1 aromatic carbocycles. The zero-order valence-electron chi connectivity index (χ0n) is 13.1. The van der Waals surface area contributed by atoms with Crippen molar-refractivity contribution in [1.82, 2.24) is 10.6 Å². The first-order chi connectivity index (χ1) is 10.0. The summed E-state index contributed by atoms with van der Waals surface area (Å²) in [6, 6.07) is 6.39. The number of rotatable bonds is 5. The van der Waals surface area contributed by atoms with E-state index in [1.54, 1.807) is 0 Å². The summed E-state index contributed by atoms with van der Waals surface area (Å²) in [5, 5.41) is 15.4. The van der Waals surface area contributed by atoms with Gasteiger partial charge in [0.1, 0.15) is 0 Å². The molecule has 3 N–H and O–H groups in total. The highest BCUT2D eigenvalue weighted by atomic mass is 16.3. The molecule has 4 heteroatoms. The van der Waals surface area contributed by atoms with Gasteiger partial charge in [-0.05, 0) is 43.2 Å². The van der Waals surface area contributed by atoms with Crippen molar-refractivity contribution < 1.29 is 9.90 Å². The first-order valence-corrected chi connectivity index (χ1v) is 7.83. The number of hydrogen-bond donors (Lipinski definition) is 3. The average Bonchev–Trinajstić information content (AvgIpc) is 2.75. The minimum Gasteiger partial charge on any atom is -0.393 e. The van der Waals surface area contributed by atoms with Crippen LogP contribution in [0, 0.1) is 12.8 Å². The third-order valence-corrected chi connectivity index (χ3v) is 4.27. The van der Waals surface area contributed by atoms with Gasteiger partial charge in [0.25, 0.3) is 0 Å². The number of carbonyl (C=O) groups is 1. The molecule has 0 heterocycles. The third kappa shape index (κ3) is 3.97. The summed E-state index contributed by atoms with van der Waals surface area (Å²) >= 11 is 0. The number of fused-ring (bicyclic) bond motifs is 1. The highest BCUT2D eigenvalue weighted by molar-refractivity contribution is 5.74. The number of aliphatic hydroxyl groups excluding tert-OH is 1. The highest BCUT2D eigenvalue weighted by Crippen LogP contribution is 2.36. The van der Waals surface area contributed by atoms with E-state index in [4.69, 9.17) is 0 Å². The SMILES string of the molecule is CCC(O)CCNC(=O)NC1c2cc(C)ccc2CC1C. The molecule has 2 rings (SSSR count). The van der Waals surface area contributed by atoms with Gasteiger partial charge in [0.15, 0.2) is 0 Å². The minimum atomic E-state index is -0.334. The van der Waals surface area contributed by atoms with Crippen LogP contribution < -0.4 is 10.6 Å². The Morgan fingerprint density at radius 1 is 1.48 bits per heavy atom. The number of hydrogen-bond acceptors (Lipinski definition) is 2. The summed E-state index contributed by atoms with van der Waals surface area (Å²) in [5.41, 5.74) is 3.80. The van der Waals surface area contributed by atoms with E-state index in [0.717, 1.165) is 12.8 Å². The van der Waals surface area contributed by atoms with Gasteiger partial charge in [-0.1, -0.05) is 37.6 Å². The van der Waals surface area contributed by atoms with Crippen LogP contribution in [0.5, 0.6) is 0 Å². The van der Waals surface area contributed by atoms with Gasteiger partial charge in [-0.3, -0.25) is 0 Å². The van der Waals surface area contributed by atoms with Crippen LogP contribution in [0.15, 0.2) is 18.2 Å². The Balaban J connectivity index is 1.91. The van der Waals surface area contributed by atoms with E-state index in [2.05, 4.69) is 42.7 Å². The van der Waals surface area contributed by atoms with Crippen molar-refractivity contribution in [1.29, 1.82) is 0 Å². The molecule has 0 fully saturated rings. The zero-order valence-corrected chi connectivity index (χ0v) is 13.1. The molecular weight excluding hydrogens is 264 g/mol. The Bertz CT molecular complexity index is 502. The van der Waals surface area contributed by atoms with Crippen LogP contribution in [0.4, 0.5) is 4.79 Å². The maximum Gasteiger partial charge on any atom is 0.315 e. The number of carbonyl (C=O) groups excluding carboxylic acids is 1. The quantitative estimate of drug-likeness (QED) is 0.781. The van der Waals surface area contributed by atoms with Gasteiger partial charge in [-0.15, -0.1) is 0 Å². The molecule has 4 nitrogen and oxygen atoms in total. The number of urea groups is 1. The van der Waals surface area contributed by atoms with Crippen LogP contribution in [-0.4, -0.2) is 23.8 Å². The van der Waals surface area contributed by atoms with Gasteiger partial charge >= 0.3 is 6.03 Å². The molecule has 0 aliphatic heterocycles. The Kier molecular flexibility index (Phi) is 5.23. The predicted molar refractivity (Wildman–Crippen MR) is 84.2 cm³/mol. The van der Waals surface area contributed by atoms with E-state index in [1.165, 1.54) is 16.7 Å². The first-order valence-electron chi connectivity index (χ1n) is 7.83. The summed E-state index contributed by atoms with van der Waals surface area (Å²) in [4.78, 5) is 12.0. The highest BCUT2D eigenvalue weighted by Gasteiger charge is 2.30. The molecule has 0 radical (unpaired) electrons. The molecule has 116 valence electrons. The molecule has 3 atom stereocenters. The summed E-state index contributed by atoms with van der Waals surface area (Å²) in [6.07, 6.45) is 1.99. The van der Waals surface area contributed by atoms with E-state index in [9.17, 15) is 9.90 Å². The molecule has 0 aromatic heterocycles. The Morgan fingerprint density at radius 2 is 2.24 bits per heavy atom. The fraction of sp³-hybridized carbons (Fsp3) is 0.588. The predicted octanol–water partition coefficient (Wildman–Crippen LogP) is 2.69. The van der Waals surface area contributed by atoms with E-state index in [-0.39, 0.29) is 18.2 Å². The topological polar surface area (TPSA) is 61.4 Å². The molecule has 1 aliphatic rings. The number of aliphatic hydroxyl groups is 1. The van der Waals surface area contributed by atoms with E-state index in [0.29, 0.717) is 18.9 Å². The number of benzene rings is 1. The fourth-order valence-corrected chi connectivity index (χ4v) is 2.93. The van der Waals surface area contributed by atoms with E-state index < -0.39 is 0 Å². The largest absolute Gasteiger partial charge is 0.393 e. The lowest BCUT2D eigenvalue weighted by Gasteiger charge is -2.19. The number of aryl methyl sites for hydroxylation is 1. The fourth-order valence-electron chi connectivity index (χ4n) is 2.93. The lowest BCUT2D eigenvalue weighted by Crippen LogP contribution is -2.40. The van der Waals surface area contributed by atoms with Crippen LogP contribution in [0.3, 0.4) is 0 Å². The zero-order chi connectivity index (χ0) is 15.4. The molecule has 3 unspecified atom stereocenters. The lowest BCUT2D eigenvalue weighted by atomic mass is 10.0. The minimum absolute atomic E-state index is 0.0796. The Morgan fingerprint density at radius 3 is 2.95 bits per heavy atom. The molecular formula is C17H26N2O2. The van der Waals surface area contributed by atoms with Crippen molar-refractivity contribution in [3.05, 3.63) is 34.9 Å². The second-order valence-electron chi connectivity index (χ2n) is 6.11. The Hall–Kier alpha value is -1.55. The normalized spacial score (nSPS) is 21.7. The van der Waals surface area contributed by atoms with Gasteiger partial charge in [-0.25, -0.2) is 4.79 Å². The van der Waals surface area contributed by atoms with Crippen molar-refractivity contribution in [3.8, 4) is 0 Å². The molecule has 0 bridgehead atoms. The molecule has 0 saturated heterocycles. The molecule has 1 aromatic rings. The van der Waals surface area contributed by atoms with Crippen molar-refractivity contribution in [2.24, 2.45) is 5.92 Å². The van der Waals surface area contributed by atoms with Crippen LogP contribution in [0.25, 0.3) is 0 Å². The molecule has 0 spiro atoms. The number of nitrogens with one attached hydrogen (secondary N) is 2. The van der Waals surface area contributed by atoms with Crippen LogP contribution in [0.2, 0.25) is 0 Å². The van der Waals surface area contributed by atoms with E-state index in [1.807, 2.05) is 6.92 Å². The maximum absolute atomic E-state index is 12.0. The Labute approximate surface area is 126 Å². The smallest absolute Gasteiger partial charge is 0.315 e. The first kappa shape index (κ1) is 15.8. The van der Waals surface area contributed by atoms with Crippen LogP contribution >= 0.6 is 0 Å². The van der Waals surface area contributed by atoms with Crippen LogP contribution in [0.1, 0.15) is 49.4 Å². The summed E-state index contributed by atoms with van der Waals surface area (Å²) in [7, 11) is 0. The number of amides is 2. The maximum atomic E-state index is 12.0. The monoisotopic (exact) mass is 290 g/mol.